The van der Waals surface area contributed by atoms with Crippen LogP contribution in [0.4, 0.5) is 5.69 Å². The van der Waals surface area contributed by atoms with Gasteiger partial charge in [0.25, 0.3) is 0 Å². The van der Waals surface area contributed by atoms with Crippen LogP contribution in [-0.2, 0) is 11.2 Å². The third-order valence-electron chi connectivity index (χ3n) is 6.58. The fraction of sp³-hybridized carbons (Fsp3) is 0.370. The maximum atomic E-state index is 10.8. The van der Waals surface area contributed by atoms with E-state index in [9.17, 15) is 4.79 Å². The SMILES string of the molecule is CCN(c1cccc2ccccc12)C1CCCC(c2ccc(CCC(=O)O)cc2)C1. The van der Waals surface area contributed by atoms with E-state index in [1.807, 2.05) is 0 Å². The molecule has 30 heavy (non-hydrogen) atoms. The molecule has 0 saturated heterocycles. The second-order valence-electron chi connectivity index (χ2n) is 8.44. The van der Waals surface area contributed by atoms with Crippen LogP contribution in [0.3, 0.4) is 0 Å². The van der Waals surface area contributed by atoms with Crippen molar-refractivity contribution in [1.29, 1.82) is 0 Å². The Bertz CT molecular complexity index is 990. The topological polar surface area (TPSA) is 40.5 Å². The van der Waals surface area contributed by atoms with Crippen LogP contribution in [0.2, 0.25) is 0 Å². The van der Waals surface area contributed by atoms with Crippen LogP contribution >= 0.6 is 0 Å². The molecule has 3 aromatic rings. The highest BCUT2D eigenvalue weighted by Crippen LogP contribution is 2.38. The van der Waals surface area contributed by atoms with Crippen LogP contribution in [0.1, 0.15) is 56.1 Å². The summed E-state index contributed by atoms with van der Waals surface area (Å²) in [6, 6.07) is 24.5. The van der Waals surface area contributed by atoms with Crippen molar-refractivity contribution in [3.63, 3.8) is 0 Å². The summed E-state index contributed by atoms with van der Waals surface area (Å²) >= 11 is 0. The number of aliphatic carboxylic acids is 1. The van der Waals surface area contributed by atoms with Crippen LogP contribution in [0.25, 0.3) is 10.8 Å². The Kier molecular flexibility index (Phi) is 6.37. The quantitative estimate of drug-likeness (QED) is 0.497. The van der Waals surface area contributed by atoms with Crippen LogP contribution in [0.15, 0.2) is 66.7 Å². The number of carboxylic acids is 1. The summed E-state index contributed by atoms with van der Waals surface area (Å²) in [5, 5.41) is 11.5. The molecule has 0 spiro atoms. The molecule has 3 aromatic carbocycles. The molecule has 3 nitrogen and oxygen atoms in total. The zero-order chi connectivity index (χ0) is 20.9. The second-order valence-corrected chi connectivity index (χ2v) is 8.44. The molecule has 0 aliphatic heterocycles. The van der Waals surface area contributed by atoms with Crippen molar-refractivity contribution in [3.8, 4) is 0 Å². The minimum atomic E-state index is -0.734. The third kappa shape index (κ3) is 4.51. The molecule has 1 fully saturated rings. The first-order valence-electron chi connectivity index (χ1n) is 11.2. The van der Waals surface area contributed by atoms with Crippen LogP contribution < -0.4 is 4.90 Å². The lowest BCUT2D eigenvalue weighted by Crippen LogP contribution is -2.38. The molecular formula is C27H31NO2. The summed E-state index contributed by atoms with van der Waals surface area (Å²) in [5.74, 6) is -0.163. The fourth-order valence-corrected chi connectivity index (χ4v) is 5.04. The Morgan fingerprint density at radius 3 is 2.53 bits per heavy atom. The first-order chi connectivity index (χ1) is 14.7. The van der Waals surface area contributed by atoms with Gasteiger partial charge in [-0.05, 0) is 61.1 Å². The van der Waals surface area contributed by atoms with Gasteiger partial charge < -0.3 is 10.0 Å². The van der Waals surface area contributed by atoms with Crippen molar-refractivity contribution < 1.29 is 9.90 Å². The van der Waals surface area contributed by atoms with E-state index in [0.29, 0.717) is 18.4 Å². The molecule has 0 bridgehead atoms. The molecule has 2 atom stereocenters. The maximum absolute atomic E-state index is 10.8. The normalized spacial score (nSPS) is 19.0. The molecule has 1 aliphatic carbocycles. The lowest BCUT2D eigenvalue weighted by Gasteiger charge is -2.39. The van der Waals surface area contributed by atoms with Gasteiger partial charge in [-0.2, -0.15) is 0 Å². The summed E-state index contributed by atoms with van der Waals surface area (Å²) in [7, 11) is 0. The van der Waals surface area contributed by atoms with E-state index in [4.69, 9.17) is 5.11 Å². The smallest absolute Gasteiger partial charge is 0.303 e. The Hall–Kier alpha value is -2.81. The highest BCUT2D eigenvalue weighted by molar-refractivity contribution is 5.94. The first kappa shape index (κ1) is 20.5. The van der Waals surface area contributed by atoms with Gasteiger partial charge >= 0.3 is 5.97 Å². The molecule has 2 unspecified atom stereocenters. The first-order valence-corrected chi connectivity index (χ1v) is 11.2. The summed E-state index contributed by atoms with van der Waals surface area (Å²) in [6.45, 7) is 3.28. The third-order valence-corrected chi connectivity index (χ3v) is 6.58. The molecule has 0 heterocycles. The molecule has 0 radical (unpaired) electrons. The van der Waals surface area contributed by atoms with Crippen molar-refractivity contribution in [2.75, 3.05) is 11.4 Å². The zero-order valence-electron chi connectivity index (χ0n) is 17.8. The van der Waals surface area contributed by atoms with Gasteiger partial charge in [-0.1, -0.05) is 67.1 Å². The van der Waals surface area contributed by atoms with Crippen molar-refractivity contribution in [1.82, 2.24) is 0 Å². The number of carboxylic acid groups (broad SMARTS) is 1. The van der Waals surface area contributed by atoms with E-state index in [2.05, 4.69) is 78.6 Å². The molecule has 3 heteroatoms. The number of benzene rings is 3. The molecule has 4 rings (SSSR count). The number of anilines is 1. The van der Waals surface area contributed by atoms with Crippen LogP contribution in [0, 0.1) is 0 Å². The predicted octanol–water partition coefficient (Wildman–Crippen LogP) is 6.41. The molecule has 156 valence electrons. The molecule has 1 saturated carbocycles. The summed E-state index contributed by atoms with van der Waals surface area (Å²) in [4.78, 5) is 13.4. The lowest BCUT2D eigenvalue weighted by molar-refractivity contribution is -0.136. The zero-order valence-corrected chi connectivity index (χ0v) is 17.8. The molecule has 0 aromatic heterocycles. The van der Waals surface area contributed by atoms with E-state index in [1.54, 1.807) is 0 Å². The number of aryl methyl sites for hydroxylation is 1. The average molecular weight is 402 g/mol. The number of fused-ring (bicyclic) bond motifs is 1. The van der Waals surface area contributed by atoms with Gasteiger partial charge in [-0.15, -0.1) is 0 Å². The van der Waals surface area contributed by atoms with E-state index in [-0.39, 0.29) is 6.42 Å². The molecular weight excluding hydrogens is 370 g/mol. The molecule has 1 N–H and O–H groups in total. The Balaban J connectivity index is 1.52. The molecule has 0 amide bonds. The largest absolute Gasteiger partial charge is 0.481 e. The van der Waals surface area contributed by atoms with Crippen LogP contribution in [-0.4, -0.2) is 23.7 Å². The van der Waals surface area contributed by atoms with Gasteiger partial charge in [0, 0.05) is 30.1 Å². The highest BCUT2D eigenvalue weighted by Gasteiger charge is 2.28. The highest BCUT2D eigenvalue weighted by atomic mass is 16.4. The summed E-state index contributed by atoms with van der Waals surface area (Å²) in [6.07, 6.45) is 5.69. The predicted molar refractivity (Wildman–Crippen MR) is 124 cm³/mol. The lowest BCUT2D eigenvalue weighted by atomic mass is 9.80. The summed E-state index contributed by atoms with van der Waals surface area (Å²) < 4.78 is 0. The minimum absolute atomic E-state index is 0.196. The van der Waals surface area contributed by atoms with E-state index < -0.39 is 5.97 Å². The minimum Gasteiger partial charge on any atom is -0.481 e. The monoisotopic (exact) mass is 401 g/mol. The maximum Gasteiger partial charge on any atom is 0.303 e. The number of nitrogens with zero attached hydrogens (tertiary/aromatic N) is 1. The average Bonchev–Trinajstić information content (AvgIpc) is 2.79. The van der Waals surface area contributed by atoms with E-state index in [1.165, 1.54) is 47.7 Å². The Labute approximate surface area is 179 Å². The standard InChI is InChI=1S/C27H31NO2/c1-2-28(26-12-6-8-22-7-3-4-11-25(22)26)24-10-5-9-23(19-24)21-16-13-20(14-17-21)15-18-27(29)30/h3-4,6-8,11-14,16-17,23-24H,2,5,9-10,15,18-19H2,1H3,(H,29,30). The Morgan fingerprint density at radius 2 is 1.77 bits per heavy atom. The van der Waals surface area contributed by atoms with E-state index >= 15 is 0 Å². The van der Waals surface area contributed by atoms with Crippen LogP contribution in [0.5, 0.6) is 0 Å². The number of hydrogen-bond acceptors (Lipinski definition) is 2. The van der Waals surface area contributed by atoms with Gasteiger partial charge in [0.05, 0.1) is 0 Å². The van der Waals surface area contributed by atoms with Gasteiger partial charge in [-0.25, -0.2) is 0 Å². The number of rotatable bonds is 7. The van der Waals surface area contributed by atoms with Gasteiger partial charge in [0.1, 0.15) is 0 Å². The number of carbonyl (C=O) groups is 1. The van der Waals surface area contributed by atoms with Crippen molar-refractivity contribution in [3.05, 3.63) is 77.9 Å². The van der Waals surface area contributed by atoms with Crippen molar-refractivity contribution in [2.24, 2.45) is 0 Å². The fourth-order valence-electron chi connectivity index (χ4n) is 5.04. The van der Waals surface area contributed by atoms with Crippen molar-refractivity contribution in [2.45, 2.75) is 57.4 Å². The van der Waals surface area contributed by atoms with Crippen molar-refractivity contribution >= 4 is 22.4 Å². The van der Waals surface area contributed by atoms with E-state index in [0.717, 1.165) is 12.1 Å². The summed E-state index contributed by atoms with van der Waals surface area (Å²) in [5.41, 5.74) is 3.86. The number of hydrogen-bond donors (Lipinski definition) is 1. The van der Waals surface area contributed by atoms with Gasteiger partial charge in [0.15, 0.2) is 0 Å². The van der Waals surface area contributed by atoms with Gasteiger partial charge in [0.2, 0.25) is 0 Å². The molecule has 1 aliphatic rings. The second kappa shape index (κ2) is 9.34. The van der Waals surface area contributed by atoms with Gasteiger partial charge in [-0.3, -0.25) is 4.79 Å². The Morgan fingerprint density at radius 1 is 1.00 bits per heavy atom.